The molecule has 110 valence electrons. The lowest BCUT2D eigenvalue weighted by Gasteiger charge is -2.29. The van der Waals surface area contributed by atoms with E-state index >= 15 is 0 Å². The SMILES string of the molecule is NC(CN1CCOCC1)c1ccc(-c2ccccc2)cc1. The number of hydrogen-bond donors (Lipinski definition) is 1. The Morgan fingerprint density at radius 2 is 1.52 bits per heavy atom. The summed E-state index contributed by atoms with van der Waals surface area (Å²) in [6.07, 6.45) is 0. The van der Waals surface area contributed by atoms with Crippen LogP contribution >= 0.6 is 0 Å². The minimum Gasteiger partial charge on any atom is -0.379 e. The van der Waals surface area contributed by atoms with Crippen LogP contribution in [0.1, 0.15) is 11.6 Å². The molecule has 0 amide bonds. The molecule has 3 rings (SSSR count). The molecule has 1 aliphatic rings. The first-order chi connectivity index (χ1) is 10.3. The maximum Gasteiger partial charge on any atom is 0.0594 e. The van der Waals surface area contributed by atoms with Crippen molar-refractivity contribution < 1.29 is 4.74 Å². The molecule has 2 aromatic carbocycles. The Morgan fingerprint density at radius 3 is 2.19 bits per heavy atom. The van der Waals surface area contributed by atoms with E-state index in [2.05, 4.69) is 53.4 Å². The van der Waals surface area contributed by atoms with Crippen molar-refractivity contribution in [2.45, 2.75) is 6.04 Å². The average molecular weight is 282 g/mol. The van der Waals surface area contributed by atoms with Crippen LogP contribution in [-0.4, -0.2) is 37.7 Å². The molecule has 1 unspecified atom stereocenters. The van der Waals surface area contributed by atoms with E-state index in [9.17, 15) is 0 Å². The first-order valence-corrected chi connectivity index (χ1v) is 7.54. The van der Waals surface area contributed by atoms with Gasteiger partial charge in [-0.3, -0.25) is 4.90 Å². The minimum absolute atomic E-state index is 0.0629. The van der Waals surface area contributed by atoms with Crippen LogP contribution in [0.5, 0.6) is 0 Å². The quantitative estimate of drug-likeness (QED) is 0.937. The normalized spacial score (nSPS) is 17.6. The van der Waals surface area contributed by atoms with Gasteiger partial charge in [-0.15, -0.1) is 0 Å². The van der Waals surface area contributed by atoms with E-state index < -0.39 is 0 Å². The summed E-state index contributed by atoms with van der Waals surface area (Å²) >= 11 is 0. The van der Waals surface area contributed by atoms with Gasteiger partial charge in [-0.05, 0) is 16.7 Å². The number of nitrogens with zero attached hydrogens (tertiary/aromatic N) is 1. The summed E-state index contributed by atoms with van der Waals surface area (Å²) < 4.78 is 5.37. The second kappa shape index (κ2) is 6.85. The number of nitrogens with two attached hydrogens (primary N) is 1. The fourth-order valence-corrected chi connectivity index (χ4v) is 2.72. The van der Waals surface area contributed by atoms with Gasteiger partial charge in [0.1, 0.15) is 0 Å². The number of rotatable bonds is 4. The molecule has 0 spiro atoms. The molecule has 21 heavy (non-hydrogen) atoms. The van der Waals surface area contributed by atoms with Crippen molar-refractivity contribution in [1.82, 2.24) is 4.90 Å². The third-order valence-corrected chi connectivity index (χ3v) is 4.00. The Labute approximate surface area is 126 Å². The molecule has 2 aromatic rings. The second-order valence-electron chi connectivity index (χ2n) is 5.51. The molecule has 1 heterocycles. The van der Waals surface area contributed by atoms with Crippen molar-refractivity contribution in [3.63, 3.8) is 0 Å². The molecule has 3 heteroatoms. The van der Waals surface area contributed by atoms with Crippen LogP contribution in [-0.2, 0) is 4.74 Å². The van der Waals surface area contributed by atoms with Crippen LogP contribution in [0, 0.1) is 0 Å². The fraction of sp³-hybridized carbons (Fsp3) is 0.333. The smallest absolute Gasteiger partial charge is 0.0594 e. The minimum atomic E-state index is 0.0629. The molecular weight excluding hydrogens is 260 g/mol. The summed E-state index contributed by atoms with van der Waals surface area (Å²) in [7, 11) is 0. The highest BCUT2D eigenvalue weighted by Crippen LogP contribution is 2.21. The van der Waals surface area contributed by atoms with E-state index in [1.165, 1.54) is 16.7 Å². The molecular formula is C18H22N2O. The van der Waals surface area contributed by atoms with E-state index in [1.54, 1.807) is 0 Å². The van der Waals surface area contributed by atoms with Crippen LogP contribution in [0.2, 0.25) is 0 Å². The Kier molecular flexibility index (Phi) is 4.65. The summed E-state index contributed by atoms with van der Waals surface area (Å²) in [6.45, 7) is 4.50. The molecule has 0 bridgehead atoms. The van der Waals surface area contributed by atoms with Crippen molar-refractivity contribution in [3.05, 3.63) is 60.2 Å². The zero-order chi connectivity index (χ0) is 14.5. The lowest BCUT2D eigenvalue weighted by molar-refractivity contribution is 0.0352. The van der Waals surface area contributed by atoms with Crippen LogP contribution in [0.25, 0.3) is 11.1 Å². The van der Waals surface area contributed by atoms with Gasteiger partial charge in [0.2, 0.25) is 0 Å². The summed E-state index contributed by atoms with van der Waals surface area (Å²) in [5, 5.41) is 0. The van der Waals surface area contributed by atoms with E-state index in [1.807, 2.05) is 6.07 Å². The van der Waals surface area contributed by atoms with Gasteiger partial charge in [0.25, 0.3) is 0 Å². The molecule has 1 atom stereocenters. The van der Waals surface area contributed by atoms with Crippen molar-refractivity contribution in [3.8, 4) is 11.1 Å². The lowest BCUT2D eigenvalue weighted by atomic mass is 10.0. The van der Waals surface area contributed by atoms with Gasteiger partial charge < -0.3 is 10.5 Å². The largest absolute Gasteiger partial charge is 0.379 e. The Hall–Kier alpha value is -1.68. The molecule has 1 fully saturated rings. The lowest BCUT2D eigenvalue weighted by Crippen LogP contribution is -2.40. The average Bonchev–Trinajstić information content (AvgIpc) is 2.57. The van der Waals surface area contributed by atoms with Crippen LogP contribution in [0.15, 0.2) is 54.6 Å². The first-order valence-electron chi connectivity index (χ1n) is 7.54. The molecule has 1 aliphatic heterocycles. The van der Waals surface area contributed by atoms with Gasteiger partial charge in [0.05, 0.1) is 13.2 Å². The third-order valence-electron chi connectivity index (χ3n) is 4.00. The highest BCUT2D eigenvalue weighted by atomic mass is 16.5. The van der Waals surface area contributed by atoms with Crippen molar-refractivity contribution in [2.75, 3.05) is 32.8 Å². The first kappa shape index (κ1) is 14.3. The maximum atomic E-state index is 6.33. The van der Waals surface area contributed by atoms with Gasteiger partial charge in [-0.2, -0.15) is 0 Å². The molecule has 0 saturated carbocycles. The summed E-state index contributed by atoms with van der Waals surface area (Å²) in [4.78, 5) is 2.37. The van der Waals surface area contributed by atoms with Gasteiger partial charge in [0, 0.05) is 25.7 Å². The standard InChI is InChI=1S/C18H22N2O/c19-18(14-20-10-12-21-13-11-20)17-8-6-16(7-9-17)15-4-2-1-3-5-15/h1-9,18H,10-14,19H2. The third kappa shape index (κ3) is 3.70. The second-order valence-corrected chi connectivity index (χ2v) is 5.51. The van der Waals surface area contributed by atoms with Crippen molar-refractivity contribution in [2.24, 2.45) is 5.73 Å². The number of morpholine rings is 1. The number of hydrogen-bond acceptors (Lipinski definition) is 3. The fourth-order valence-electron chi connectivity index (χ4n) is 2.72. The Bertz CT molecular complexity index is 547. The monoisotopic (exact) mass is 282 g/mol. The Balaban J connectivity index is 1.66. The van der Waals surface area contributed by atoms with Gasteiger partial charge in [0.15, 0.2) is 0 Å². The van der Waals surface area contributed by atoms with Gasteiger partial charge >= 0.3 is 0 Å². The summed E-state index contributed by atoms with van der Waals surface area (Å²) in [6, 6.07) is 19.1. The van der Waals surface area contributed by atoms with Gasteiger partial charge in [-0.1, -0.05) is 54.6 Å². The zero-order valence-electron chi connectivity index (χ0n) is 12.2. The van der Waals surface area contributed by atoms with Crippen molar-refractivity contribution in [1.29, 1.82) is 0 Å². The number of benzene rings is 2. The van der Waals surface area contributed by atoms with E-state index in [0.717, 1.165) is 32.8 Å². The predicted molar refractivity (Wildman–Crippen MR) is 86.1 cm³/mol. The molecule has 3 nitrogen and oxygen atoms in total. The van der Waals surface area contributed by atoms with Crippen LogP contribution in [0.4, 0.5) is 0 Å². The highest BCUT2D eigenvalue weighted by molar-refractivity contribution is 5.63. The van der Waals surface area contributed by atoms with E-state index in [-0.39, 0.29) is 6.04 Å². The maximum absolute atomic E-state index is 6.33. The molecule has 1 saturated heterocycles. The van der Waals surface area contributed by atoms with E-state index in [0.29, 0.717) is 0 Å². The van der Waals surface area contributed by atoms with Crippen LogP contribution < -0.4 is 5.73 Å². The van der Waals surface area contributed by atoms with Gasteiger partial charge in [-0.25, -0.2) is 0 Å². The highest BCUT2D eigenvalue weighted by Gasteiger charge is 2.15. The summed E-state index contributed by atoms with van der Waals surface area (Å²) in [5.74, 6) is 0. The topological polar surface area (TPSA) is 38.5 Å². The molecule has 0 radical (unpaired) electrons. The molecule has 0 aromatic heterocycles. The molecule has 0 aliphatic carbocycles. The number of ether oxygens (including phenoxy) is 1. The Morgan fingerprint density at radius 1 is 0.905 bits per heavy atom. The van der Waals surface area contributed by atoms with Crippen molar-refractivity contribution >= 4 is 0 Å². The summed E-state index contributed by atoms with van der Waals surface area (Å²) in [5.41, 5.74) is 10.0. The predicted octanol–water partition coefficient (Wildman–Crippen LogP) is 2.69. The molecule has 2 N–H and O–H groups in total. The van der Waals surface area contributed by atoms with E-state index in [4.69, 9.17) is 10.5 Å². The zero-order valence-corrected chi connectivity index (χ0v) is 12.2. The van der Waals surface area contributed by atoms with Crippen LogP contribution in [0.3, 0.4) is 0 Å².